The molecule has 0 spiro atoms. The number of ether oxygens (including phenoxy) is 1. The molecule has 0 bridgehead atoms. The largest absolute Gasteiger partial charge is 0.479 e. The second-order valence-electron chi connectivity index (χ2n) is 7.48. The summed E-state index contributed by atoms with van der Waals surface area (Å²) in [6, 6.07) is 6.81. The van der Waals surface area contributed by atoms with E-state index in [2.05, 4.69) is 5.32 Å². The zero-order valence-electron chi connectivity index (χ0n) is 15.7. The SMILES string of the molecule is CC(=O)C(Cc1ccc(N2CCCNC2=O)cc1)(OC(C)(C)C)C(=O)O. The van der Waals surface area contributed by atoms with Gasteiger partial charge in [0.15, 0.2) is 5.78 Å². The predicted octanol–water partition coefficient (Wildman–Crippen LogP) is 2.38. The number of Topliss-reactive ketones (excluding diaryl/α,β-unsaturated/α-hetero) is 1. The Hall–Kier alpha value is -2.41. The highest BCUT2D eigenvalue weighted by Crippen LogP contribution is 2.28. The number of aliphatic carboxylic acids is 1. The second kappa shape index (κ2) is 7.45. The van der Waals surface area contributed by atoms with E-state index in [4.69, 9.17) is 4.74 Å². The monoisotopic (exact) mass is 362 g/mol. The van der Waals surface area contributed by atoms with Gasteiger partial charge in [-0.25, -0.2) is 9.59 Å². The van der Waals surface area contributed by atoms with Crippen LogP contribution in [-0.4, -0.2) is 47.2 Å². The fraction of sp³-hybridized carbons (Fsp3) is 0.526. The first kappa shape index (κ1) is 19.9. The number of carboxylic acids is 1. The van der Waals surface area contributed by atoms with Gasteiger partial charge in [0.25, 0.3) is 0 Å². The van der Waals surface area contributed by atoms with Crippen molar-refractivity contribution in [2.24, 2.45) is 0 Å². The van der Waals surface area contributed by atoms with Crippen LogP contribution in [0.5, 0.6) is 0 Å². The lowest BCUT2D eigenvalue weighted by Crippen LogP contribution is -2.53. The van der Waals surface area contributed by atoms with Crippen molar-refractivity contribution in [1.29, 1.82) is 0 Å². The zero-order valence-corrected chi connectivity index (χ0v) is 15.7. The molecule has 2 rings (SSSR count). The summed E-state index contributed by atoms with van der Waals surface area (Å²) < 4.78 is 5.69. The van der Waals surface area contributed by atoms with Crippen molar-refractivity contribution in [3.8, 4) is 0 Å². The molecule has 1 heterocycles. The fourth-order valence-corrected chi connectivity index (χ4v) is 2.98. The minimum Gasteiger partial charge on any atom is -0.479 e. The van der Waals surface area contributed by atoms with Crippen molar-refractivity contribution in [3.63, 3.8) is 0 Å². The van der Waals surface area contributed by atoms with Gasteiger partial charge in [0.05, 0.1) is 5.60 Å². The van der Waals surface area contributed by atoms with Gasteiger partial charge in [-0.15, -0.1) is 0 Å². The second-order valence-corrected chi connectivity index (χ2v) is 7.48. The number of urea groups is 1. The number of hydrogen-bond donors (Lipinski definition) is 2. The summed E-state index contributed by atoms with van der Waals surface area (Å²) in [5, 5.41) is 12.5. The number of carbonyl (C=O) groups is 3. The minimum atomic E-state index is -1.94. The van der Waals surface area contributed by atoms with Gasteiger partial charge in [-0.1, -0.05) is 12.1 Å². The summed E-state index contributed by atoms with van der Waals surface area (Å²) in [5.41, 5.74) is -1.36. The Labute approximate surface area is 153 Å². The molecule has 1 saturated heterocycles. The molecular formula is C19H26N2O5. The average molecular weight is 362 g/mol. The Balaban J connectivity index is 2.27. The molecular weight excluding hydrogens is 336 g/mol. The molecule has 0 aliphatic carbocycles. The summed E-state index contributed by atoms with van der Waals surface area (Å²) in [5.74, 6) is -1.86. The number of carbonyl (C=O) groups excluding carboxylic acids is 2. The van der Waals surface area contributed by atoms with Crippen LogP contribution >= 0.6 is 0 Å². The normalized spacial score (nSPS) is 17.4. The average Bonchev–Trinajstić information content (AvgIpc) is 2.54. The molecule has 1 atom stereocenters. The first-order valence-electron chi connectivity index (χ1n) is 8.64. The van der Waals surface area contributed by atoms with Gasteiger partial charge in [0.1, 0.15) is 0 Å². The van der Waals surface area contributed by atoms with E-state index in [-0.39, 0.29) is 12.5 Å². The van der Waals surface area contributed by atoms with Crippen LogP contribution in [0.3, 0.4) is 0 Å². The number of benzene rings is 1. The highest BCUT2D eigenvalue weighted by atomic mass is 16.6. The molecule has 1 aliphatic rings. The van der Waals surface area contributed by atoms with Crippen molar-refractivity contribution in [3.05, 3.63) is 29.8 Å². The van der Waals surface area contributed by atoms with Crippen LogP contribution in [0.15, 0.2) is 24.3 Å². The first-order valence-corrected chi connectivity index (χ1v) is 8.64. The number of amides is 2. The lowest BCUT2D eigenvalue weighted by molar-refractivity contribution is -0.187. The van der Waals surface area contributed by atoms with Crippen molar-refractivity contribution >= 4 is 23.5 Å². The van der Waals surface area contributed by atoms with E-state index < -0.39 is 23.0 Å². The Bertz CT molecular complexity index is 677. The lowest BCUT2D eigenvalue weighted by Gasteiger charge is -2.34. The van der Waals surface area contributed by atoms with E-state index >= 15 is 0 Å². The number of carboxylic acid groups (broad SMARTS) is 1. The Morgan fingerprint density at radius 1 is 1.23 bits per heavy atom. The molecule has 1 aliphatic heterocycles. The highest BCUT2D eigenvalue weighted by Gasteiger charge is 2.47. The molecule has 1 unspecified atom stereocenters. The van der Waals surface area contributed by atoms with Gasteiger partial charge < -0.3 is 15.2 Å². The standard InChI is InChI=1S/C19H26N2O5/c1-13(22)19(16(23)24,26-18(2,3)4)12-14-6-8-15(9-7-14)21-11-5-10-20-17(21)25/h6-9H,5,10-12H2,1-4H3,(H,20,25)(H,23,24). The van der Waals surface area contributed by atoms with Crippen molar-refractivity contribution < 1.29 is 24.2 Å². The maximum atomic E-state index is 12.2. The van der Waals surface area contributed by atoms with Gasteiger partial charge >= 0.3 is 12.0 Å². The van der Waals surface area contributed by atoms with Crippen LogP contribution in [0, 0.1) is 0 Å². The first-order chi connectivity index (χ1) is 12.0. The number of nitrogens with zero attached hydrogens (tertiary/aromatic N) is 1. The molecule has 1 aromatic carbocycles. The van der Waals surface area contributed by atoms with Crippen LogP contribution in [0.1, 0.15) is 39.7 Å². The Kier molecular flexibility index (Phi) is 5.71. The molecule has 0 radical (unpaired) electrons. The van der Waals surface area contributed by atoms with E-state index in [0.29, 0.717) is 18.7 Å². The van der Waals surface area contributed by atoms with Crippen molar-refractivity contribution in [2.75, 3.05) is 18.0 Å². The van der Waals surface area contributed by atoms with Crippen LogP contribution in [0.25, 0.3) is 0 Å². The number of ketones is 1. The molecule has 0 saturated carbocycles. The Morgan fingerprint density at radius 2 is 1.85 bits per heavy atom. The molecule has 26 heavy (non-hydrogen) atoms. The van der Waals surface area contributed by atoms with E-state index in [1.807, 2.05) is 0 Å². The quantitative estimate of drug-likeness (QED) is 0.758. The van der Waals surface area contributed by atoms with Crippen LogP contribution in [-0.2, 0) is 20.7 Å². The number of rotatable bonds is 6. The van der Waals surface area contributed by atoms with Gasteiger partial charge in [-0.3, -0.25) is 9.69 Å². The van der Waals surface area contributed by atoms with Crippen LogP contribution < -0.4 is 10.2 Å². The fourth-order valence-electron chi connectivity index (χ4n) is 2.98. The number of anilines is 1. The maximum Gasteiger partial charge on any atom is 0.344 e. The third-order valence-electron chi connectivity index (χ3n) is 4.18. The summed E-state index contributed by atoms with van der Waals surface area (Å²) >= 11 is 0. The van der Waals surface area contributed by atoms with E-state index in [1.54, 1.807) is 49.9 Å². The molecule has 2 N–H and O–H groups in total. The maximum absolute atomic E-state index is 12.2. The summed E-state index contributed by atoms with van der Waals surface area (Å²) in [6.07, 6.45) is 0.779. The molecule has 1 fully saturated rings. The van der Waals surface area contributed by atoms with Crippen LogP contribution in [0.2, 0.25) is 0 Å². The van der Waals surface area contributed by atoms with E-state index in [1.165, 1.54) is 6.92 Å². The van der Waals surface area contributed by atoms with Gasteiger partial charge in [-0.05, 0) is 51.8 Å². The number of hydrogen-bond acceptors (Lipinski definition) is 4. The van der Waals surface area contributed by atoms with Gasteiger partial charge in [-0.2, -0.15) is 0 Å². The topological polar surface area (TPSA) is 95.9 Å². The smallest absolute Gasteiger partial charge is 0.344 e. The summed E-state index contributed by atoms with van der Waals surface area (Å²) in [6.45, 7) is 7.66. The summed E-state index contributed by atoms with van der Waals surface area (Å²) in [7, 11) is 0. The van der Waals surface area contributed by atoms with Gasteiger partial charge in [0, 0.05) is 25.2 Å². The highest BCUT2D eigenvalue weighted by molar-refractivity contribution is 6.05. The molecule has 2 amide bonds. The van der Waals surface area contributed by atoms with Crippen molar-refractivity contribution in [2.45, 2.75) is 51.7 Å². The molecule has 7 nitrogen and oxygen atoms in total. The number of nitrogens with one attached hydrogen (secondary N) is 1. The van der Waals surface area contributed by atoms with Gasteiger partial charge in [0.2, 0.25) is 5.60 Å². The molecule has 7 heteroatoms. The third-order valence-corrected chi connectivity index (χ3v) is 4.18. The molecule has 1 aromatic rings. The lowest BCUT2D eigenvalue weighted by atomic mass is 9.89. The minimum absolute atomic E-state index is 0.0819. The predicted molar refractivity (Wildman–Crippen MR) is 97.4 cm³/mol. The molecule has 142 valence electrons. The Morgan fingerprint density at radius 3 is 2.31 bits per heavy atom. The van der Waals surface area contributed by atoms with Crippen molar-refractivity contribution in [1.82, 2.24) is 5.32 Å². The molecule has 0 aromatic heterocycles. The van der Waals surface area contributed by atoms with E-state index in [9.17, 15) is 19.5 Å². The van der Waals surface area contributed by atoms with E-state index in [0.717, 1.165) is 12.1 Å². The zero-order chi connectivity index (χ0) is 19.5. The van der Waals surface area contributed by atoms with Crippen LogP contribution in [0.4, 0.5) is 10.5 Å². The summed E-state index contributed by atoms with van der Waals surface area (Å²) in [4.78, 5) is 37.6. The third kappa shape index (κ3) is 4.40.